The van der Waals surface area contributed by atoms with Gasteiger partial charge in [-0.1, -0.05) is 12.2 Å². The van der Waals surface area contributed by atoms with Crippen LogP contribution in [0.5, 0.6) is 0 Å². The van der Waals surface area contributed by atoms with Crippen molar-refractivity contribution in [3.63, 3.8) is 0 Å². The number of aryl methyl sites for hydroxylation is 1. The molecular weight excluding hydrogens is 373 g/mol. The van der Waals surface area contributed by atoms with Crippen molar-refractivity contribution < 1.29 is 9.18 Å². The molecule has 5 rings (SSSR count). The van der Waals surface area contributed by atoms with Crippen molar-refractivity contribution in [2.75, 3.05) is 5.32 Å². The Morgan fingerprint density at radius 3 is 2.97 bits per heavy atom. The van der Waals surface area contributed by atoms with Crippen LogP contribution in [-0.4, -0.2) is 42.3 Å². The molecule has 2 aliphatic carbocycles. The first-order valence-electron chi connectivity index (χ1n) is 9.70. The van der Waals surface area contributed by atoms with E-state index < -0.39 is 0 Å². The van der Waals surface area contributed by atoms with Crippen molar-refractivity contribution in [1.29, 1.82) is 0 Å². The highest BCUT2D eigenvalue weighted by Crippen LogP contribution is 2.45. The number of hydrogen-bond donors (Lipinski definition) is 4. The number of nitrogens with two attached hydrogens (primary N) is 1. The average molecular weight is 395 g/mol. The Morgan fingerprint density at radius 1 is 1.34 bits per heavy atom. The highest BCUT2D eigenvalue weighted by molar-refractivity contribution is 6.10. The second-order valence-corrected chi connectivity index (χ2v) is 7.91. The Kier molecular flexibility index (Phi) is 4.11. The van der Waals surface area contributed by atoms with Gasteiger partial charge in [-0.05, 0) is 43.0 Å². The molecule has 0 radical (unpaired) electrons. The summed E-state index contributed by atoms with van der Waals surface area (Å²) in [5.41, 5.74) is 6.92. The molecule has 1 amide bonds. The van der Waals surface area contributed by atoms with E-state index in [4.69, 9.17) is 10.7 Å². The van der Waals surface area contributed by atoms with Gasteiger partial charge in [0.15, 0.2) is 6.17 Å². The van der Waals surface area contributed by atoms with Gasteiger partial charge in [0, 0.05) is 11.6 Å². The van der Waals surface area contributed by atoms with Crippen LogP contribution in [0, 0.1) is 30.5 Å². The van der Waals surface area contributed by atoms with Gasteiger partial charge in [-0.25, -0.2) is 14.4 Å². The van der Waals surface area contributed by atoms with Crippen LogP contribution >= 0.6 is 0 Å². The van der Waals surface area contributed by atoms with E-state index in [1.807, 2.05) is 0 Å². The maximum atomic E-state index is 13.6. The number of nitrogens with one attached hydrogen (secondary N) is 3. The standard InChI is InChI=1S/C20H22FN7O/c1-9-6-12(4-5-13(9)21)25-20-27-18-16(23-8-24-18)19(28-20)26-15-11-3-2-10(7-11)14(15)17(22)29/h2-6,8,10-11,14-16,18H,7H2,1H3,(H2,22,29)(H,23,24)(H2,25,26,27,28). The predicted octanol–water partition coefficient (Wildman–Crippen LogP) is 0.906. The van der Waals surface area contributed by atoms with E-state index in [2.05, 4.69) is 38.1 Å². The number of carbonyl (C=O) groups excluding carboxylic acids is 1. The van der Waals surface area contributed by atoms with Crippen molar-refractivity contribution in [1.82, 2.24) is 10.6 Å². The third kappa shape index (κ3) is 3.06. The summed E-state index contributed by atoms with van der Waals surface area (Å²) in [6.45, 7) is 1.71. The van der Waals surface area contributed by atoms with E-state index in [0.717, 1.165) is 6.42 Å². The molecule has 2 heterocycles. The second-order valence-electron chi connectivity index (χ2n) is 7.91. The van der Waals surface area contributed by atoms with Crippen molar-refractivity contribution in [2.24, 2.45) is 38.5 Å². The molecule has 5 N–H and O–H groups in total. The lowest BCUT2D eigenvalue weighted by Gasteiger charge is -2.29. The Bertz CT molecular complexity index is 985. The van der Waals surface area contributed by atoms with E-state index in [0.29, 0.717) is 23.0 Å². The Labute approximate surface area is 167 Å². The highest BCUT2D eigenvalue weighted by atomic mass is 19.1. The van der Waals surface area contributed by atoms with Gasteiger partial charge in [0.05, 0.1) is 18.3 Å². The normalized spacial score (nSPS) is 35.2. The smallest absolute Gasteiger partial charge is 0.223 e. The first kappa shape index (κ1) is 17.8. The summed E-state index contributed by atoms with van der Waals surface area (Å²) in [7, 11) is 0. The summed E-state index contributed by atoms with van der Waals surface area (Å²) >= 11 is 0. The predicted molar refractivity (Wildman–Crippen MR) is 109 cm³/mol. The highest BCUT2D eigenvalue weighted by Gasteiger charge is 2.48. The Balaban J connectivity index is 1.43. The van der Waals surface area contributed by atoms with Gasteiger partial charge in [0.2, 0.25) is 11.9 Å². The molecule has 0 spiro atoms. The van der Waals surface area contributed by atoms with E-state index in [1.165, 1.54) is 6.07 Å². The molecule has 0 aromatic heterocycles. The fraction of sp³-hybridized carbons (Fsp3) is 0.400. The summed E-state index contributed by atoms with van der Waals surface area (Å²) < 4.78 is 13.6. The van der Waals surface area contributed by atoms with Crippen molar-refractivity contribution in [3.05, 3.63) is 41.7 Å². The SMILES string of the molecule is Cc1cc(NC2=NC3N=CNC3C(=NC3C4C=CC(C4)C3C(N)=O)N2)ccc1F. The first-order valence-corrected chi connectivity index (χ1v) is 9.70. The molecule has 6 unspecified atom stereocenters. The van der Waals surface area contributed by atoms with Crippen LogP contribution in [0.3, 0.4) is 0 Å². The van der Waals surface area contributed by atoms with E-state index in [-0.39, 0.29) is 47.7 Å². The van der Waals surface area contributed by atoms with E-state index in [1.54, 1.807) is 25.4 Å². The van der Waals surface area contributed by atoms with Crippen molar-refractivity contribution in [3.8, 4) is 0 Å². The third-order valence-corrected chi connectivity index (χ3v) is 6.04. The van der Waals surface area contributed by atoms with Crippen LogP contribution in [0.4, 0.5) is 10.1 Å². The quantitative estimate of drug-likeness (QED) is 0.569. The van der Waals surface area contributed by atoms with Gasteiger partial charge in [-0.2, -0.15) is 0 Å². The van der Waals surface area contributed by atoms with Gasteiger partial charge in [-0.3, -0.25) is 9.79 Å². The number of anilines is 1. The number of guanidine groups is 1. The summed E-state index contributed by atoms with van der Waals surface area (Å²) in [5.74, 6) is 0.646. The zero-order chi connectivity index (χ0) is 20.1. The van der Waals surface area contributed by atoms with Crippen LogP contribution in [0.25, 0.3) is 0 Å². The molecule has 4 aliphatic rings. The van der Waals surface area contributed by atoms with Crippen LogP contribution in [-0.2, 0) is 4.79 Å². The number of nitrogens with zero attached hydrogens (tertiary/aromatic N) is 3. The van der Waals surface area contributed by atoms with Crippen molar-refractivity contribution >= 4 is 29.7 Å². The molecule has 1 fully saturated rings. The number of primary amides is 1. The maximum Gasteiger partial charge on any atom is 0.223 e. The first-order chi connectivity index (χ1) is 14.0. The van der Waals surface area contributed by atoms with Gasteiger partial charge < -0.3 is 21.7 Å². The topological polar surface area (TPSA) is 116 Å². The molecule has 29 heavy (non-hydrogen) atoms. The Hall–Kier alpha value is -3.23. The number of hydrogen-bond acceptors (Lipinski definition) is 6. The number of amidine groups is 1. The summed E-state index contributed by atoms with van der Waals surface area (Å²) in [6.07, 6.45) is 6.37. The lowest BCUT2D eigenvalue weighted by Crippen LogP contribution is -2.55. The summed E-state index contributed by atoms with van der Waals surface area (Å²) in [4.78, 5) is 25.9. The van der Waals surface area contributed by atoms with E-state index in [9.17, 15) is 9.18 Å². The number of halogens is 1. The van der Waals surface area contributed by atoms with Crippen LogP contribution in [0.1, 0.15) is 12.0 Å². The minimum atomic E-state index is -0.361. The third-order valence-electron chi connectivity index (χ3n) is 6.04. The van der Waals surface area contributed by atoms with Crippen LogP contribution in [0.2, 0.25) is 0 Å². The Morgan fingerprint density at radius 2 is 2.17 bits per heavy atom. The molecular formula is C20H22FN7O. The molecule has 1 aromatic rings. The van der Waals surface area contributed by atoms with Crippen LogP contribution < -0.4 is 21.7 Å². The molecule has 1 aromatic carbocycles. The summed E-state index contributed by atoms with van der Waals surface area (Å²) in [6, 6.07) is 4.36. The number of allylic oxidation sites excluding steroid dienone is 1. The molecule has 6 atom stereocenters. The van der Waals surface area contributed by atoms with Gasteiger partial charge >= 0.3 is 0 Å². The fourth-order valence-corrected chi connectivity index (χ4v) is 4.61. The lowest BCUT2D eigenvalue weighted by atomic mass is 9.88. The molecule has 2 aliphatic heterocycles. The molecule has 9 heteroatoms. The monoisotopic (exact) mass is 395 g/mol. The average Bonchev–Trinajstić information content (AvgIpc) is 3.40. The number of aliphatic imine (C=N–C) groups is 3. The van der Waals surface area contributed by atoms with E-state index >= 15 is 0 Å². The van der Waals surface area contributed by atoms with Crippen molar-refractivity contribution in [2.45, 2.75) is 31.6 Å². The van der Waals surface area contributed by atoms with Gasteiger partial charge in [-0.15, -0.1) is 0 Å². The second kappa shape index (κ2) is 6.68. The number of carbonyl (C=O) groups is 1. The van der Waals surface area contributed by atoms with Crippen LogP contribution in [0.15, 0.2) is 45.3 Å². The number of rotatable bonds is 3. The number of amides is 1. The summed E-state index contributed by atoms with van der Waals surface area (Å²) in [5, 5.41) is 9.57. The molecule has 150 valence electrons. The van der Waals surface area contributed by atoms with Gasteiger partial charge in [0.1, 0.15) is 17.7 Å². The maximum absolute atomic E-state index is 13.6. The fourth-order valence-electron chi connectivity index (χ4n) is 4.61. The minimum Gasteiger partial charge on any atom is -0.369 e. The zero-order valence-electron chi connectivity index (χ0n) is 15.8. The minimum absolute atomic E-state index is 0.160. The molecule has 1 saturated carbocycles. The molecule has 8 nitrogen and oxygen atoms in total. The number of benzene rings is 1. The zero-order valence-corrected chi connectivity index (χ0v) is 15.8. The molecule has 0 saturated heterocycles. The number of fused-ring (bicyclic) bond motifs is 3. The lowest BCUT2D eigenvalue weighted by molar-refractivity contribution is -0.122. The van der Waals surface area contributed by atoms with Gasteiger partial charge in [0.25, 0.3) is 0 Å². The molecule has 2 bridgehead atoms. The largest absolute Gasteiger partial charge is 0.369 e.